The maximum Gasteiger partial charge on any atom is 0.155 e. The van der Waals surface area contributed by atoms with Gasteiger partial charge in [0, 0.05) is 6.42 Å². The highest BCUT2D eigenvalue weighted by atomic mass is 16.3. The van der Waals surface area contributed by atoms with Crippen LogP contribution in [-0.2, 0) is 4.79 Å². The van der Waals surface area contributed by atoms with E-state index in [0.29, 0.717) is 24.0 Å². The lowest BCUT2D eigenvalue weighted by molar-refractivity contribution is -0.118. The summed E-state index contributed by atoms with van der Waals surface area (Å²) >= 11 is 0. The summed E-state index contributed by atoms with van der Waals surface area (Å²) < 4.78 is 0. The van der Waals surface area contributed by atoms with Gasteiger partial charge >= 0.3 is 0 Å². The molecule has 2 aliphatic rings. The van der Waals surface area contributed by atoms with Crippen LogP contribution in [0, 0.1) is 22.7 Å². The van der Waals surface area contributed by atoms with Gasteiger partial charge in [-0.15, -0.1) is 0 Å². The van der Waals surface area contributed by atoms with E-state index in [1.54, 1.807) is 0 Å². The van der Waals surface area contributed by atoms with Gasteiger partial charge in [-0.2, -0.15) is 0 Å². The van der Waals surface area contributed by atoms with Crippen molar-refractivity contribution in [2.24, 2.45) is 22.7 Å². The first-order valence-electron chi connectivity index (χ1n) is 11.0. The summed E-state index contributed by atoms with van der Waals surface area (Å²) in [6.07, 6.45) is 10.6. The van der Waals surface area contributed by atoms with Gasteiger partial charge in [-0.3, -0.25) is 4.79 Å². The van der Waals surface area contributed by atoms with Gasteiger partial charge in [0.2, 0.25) is 0 Å². The van der Waals surface area contributed by atoms with Crippen molar-refractivity contribution in [1.82, 2.24) is 0 Å². The van der Waals surface area contributed by atoms with Gasteiger partial charge in [0.25, 0.3) is 0 Å². The average molecular weight is 365 g/mol. The van der Waals surface area contributed by atoms with Crippen LogP contribution in [0.15, 0.2) is 11.6 Å². The maximum atomic E-state index is 11.9. The van der Waals surface area contributed by atoms with Crippen LogP contribution in [0.2, 0.25) is 0 Å². The highest BCUT2D eigenvalue weighted by Gasteiger charge is 2.49. The van der Waals surface area contributed by atoms with Crippen LogP contribution >= 0.6 is 0 Å². The molecule has 2 aliphatic carbocycles. The molecule has 0 saturated heterocycles. The molecule has 0 spiro atoms. The number of hydrogen-bond acceptors (Lipinski definition) is 2. The fraction of sp³-hybridized carbons (Fsp3) is 0.875. The molecule has 0 heterocycles. The number of hydrogen-bond donors (Lipinski definition) is 1. The van der Waals surface area contributed by atoms with Gasteiger partial charge in [0.05, 0.1) is 5.60 Å². The maximum absolute atomic E-state index is 11.9. The van der Waals surface area contributed by atoms with E-state index < -0.39 is 5.60 Å². The quantitative estimate of drug-likeness (QED) is 0.588. The van der Waals surface area contributed by atoms with Crippen molar-refractivity contribution < 1.29 is 9.90 Å². The number of aliphatic hydroxyl groups is 1. The van der Waals surface area contributed by atoms with Crippen LogP contribution in [0.4, 0.5) is 0 Å². The second-order valence-electron chi connectivity index (χ2n) is 9.70. The Bertz CT molecular complexity index is 495. The van der Waals surface area contributed by atoms with Gasteiger partial charge in [0.15, 0.2) is 5.78 Å². The lowest BCUT2D eigenvalue weighted by Crippen LogP contribution is -2.51. The Morgan fingerprint density at radius 1 is 1.19 bits per heavy atom. The SMILES string of the molecule is CC.CCC1C(CCC2=CC(=O)CCC2(C)C)CCCC1(C)C(C)(C)O. The molecular formula is C24H44O2. The van der Waals surface area contributed by atoms with Gasteiger partial charge < -0.3 is 5.11 Å². The number of carbonyl (C=O) groups is 1. The van der Waals surface area contributed by atoms with E-state index >= 15 is 0 Å². The van der Waals surface area contributed by atoms with E-state index in [0.717, 1.165) is 32.1 Å². The van der Waals surface area contributed by atoms with E-state index in [4.69, 9.17) is 0 Å². The average Bonchev–Trinajstić information content (AvgIpc) is 2.56. The van der Waals surface area contributed by atoms with Crippen molar-refractivity contribution in [3.8, 4) is 0 Å². The third-order valence-electron chi connectivity index (χ3n) is 7.48. The van der Waals surface area contributed by atoms with Crippen LogP contribution in [-0.4, -0.2) is 16.5 Å². The minimum atomic E-state index is -0.633. The highest BCUT2D eigenvalue weighted by Crippen LogP contribution is 2.53. The molecule has 3 atom stereocenters. The molecule has 152 valence electrons. The molecule has 2 nitrogen and oxygen atoms in total. The lowest BCUT2D eigenvalue weighted by Gasteiger charge is -2.53. The summed E-state index contributed by atoms with van der Waals surface area (Å²) in [5, 5.41) is 10.8. The fourth-order valence-corrected chi connectivity index (χ4v) is 5.34. The Morgan fingerprint density at radius 3 is 2.35 bits per heavy atom. The predicted octanol–water partition coefficient (Wildman–Crippen LogP) is 6.71. The fourth-order valence-electron chi connectivity index (χ4n) is 5.34. The largest absolute Gasteiger partial charge is 0.390 e. The lowest BCUT2D eigenvalue weighted by atomic mass is 9.54. The normalized spacial score (nSPS) is 31.7. The van der Waals surface area contributed by atoms with Crippen LogP contribution in [0.25, 0.3) is 0 Å². The van der Waals surface area contributed by atoms with E-state index in [2.05, 4.69) is 27.7 Å². The minimum absolute atomic E-state index is 0.00303. The van der Waals surface area contributed by atoms with Crippen molar-refractivity contribution in [2.45, 2.75) is 112 Å². The standard InChI is InChI=1S/C22H38O2.C2H6/c1-7-19-16(9-8-13-22(19,6)21(4,5)24)10-11-17-15-18(23)12-14-20(17,2)3;1-2/h15-16,19,24H,7-14H2,1-6H3;1-2H3. The molecule has 1 saturated carbocycles. The first kappa shape index (κ1) is 23.4. The molecule has 0 aromatic heterocycles. The summed E-state index contributed by atoms with van der Waals surface area (Å²) in [7, 11) is 0. The van der Waals surface area contributed by atoms with Crippen LogP contribution in [0.5, 0.6) is 0 Å². The smallest absolute Gasteiger partial charge is 0.155 e. The van der Waals surface area contributed by atoms with Crippen LogP contribution in [0.3, 0.4) is 0 Å². The third kappa shape index (κ3) is 5.00. The molecule has 1 fully saturated rings. The minimum Gasteiger partial charge on any atom is -0.390 e. The Balaban J connectivity index is 0.00000163. The Hall–Kier alpha value is -0.630. The molecule has 0 aromatic rings. The number of carbonyl (C=O) groups excluding carboxylic acids is 1. The van der Waals surface area contributed by atoms with Crippen molar-refractivity contribution in [3.05, 3.63) is 11.6 Å². The molecule has 1 N–H and O–H groups in total. The van der Waals surface area contributed by atoms with Gasteiger partial charge in [-0.05, 0) is 68.3 Å². The van der Waals surface area contributed by atoms with Crippen LogP contribution < -0.4 is 0 Å². The summed E-state index contributed by atoms with van der Waals surface area (Å²) in [4.78, 5) is 11.9. The van der Waals surface area contributed by atoms with Crippen molar-refractivity contribution in [2.75, 3.05) is 0 Å². The molecule has 0 bridgehead atoms. The molecule has 2 heteroatoms. The molecule has 2 rings (SSSR count). The van der Waals surface area contributed by atoms with Crippen molar-refractivity contribution in [1.29, 1.82) is 0 Å². The monoisotopic (exact) mass is 364 g/mol. The molecule has 3 unspecified atom stereocenters. The topological polar surface area (TPSA) is 37.3 Å². The van der Waals surface area contributed by atoms with E-state index in [1.807, 2.05) is 33.8 Å². The predicted molar refractivity (Wildman–Crippen MR) is 112 cm³/mol. The van der Waals surface area contributed by atoms with Gasteiger partial charge in [-0.1, -0.05) is 66.4 Å². The number of rotatable bonds is 5. The summed E-state index contributed by atoms with van der Waals surface area (Å²) in [5.74, 6) is 1.53. The van der Waals surface area contributed by atoms with Crippen molar-refractivity contribution in [3.63, 3.8) is 0 Å². The molecule has 0 radical (unpaired) electrons. The zero-order chi connectivity index (χ0) is 20.2. The number of ketones is 1. The van der Waals surface area contributed by atoms with E-state index in [-0.39, 0.29) is 10.8 Å². The second-order valence-corrected chi connectivity index (χ2v) is 9.70. The Morgan fingerprint density at radius 2 is 1.81 bits per heavy atom. The van der Waals surface area contributed by atoms with Crippen molar-refractivity contribution >= 4 is 5.78 Å². The molecular weight excluding hydrogens is 320 g/mol. The summed E-state index contributed by atoms with van der Waals surface area (Å²) in [6.45, 7) is 17.1. The molecule has 0 aliphatic heterocycles. The zero-order valence-corrected chi connectivity index (χ0v) is 18.7. The highest BCUT2D eigenvalue weighted by molar-refractivity contribution is 5.91. The Labute approximate surface area is 162 Å². The summed E-state index contributed by atoms with van der Waals surface area (Å²) in [6, 6.07) is 0. The third-order valence-corrected chi connectivity index (χ3v) is 7.48. The van der Waals surface area contributed by atoms with Crippen LogP contribution in [0.1, 0.15) is 107 Å². The molecule has 0 aromatic carbocycles. The molecule has 26 heavy (non-hydrogen) atoms. The molecule has 0 amide bonds. The first-order chi connectivity index (χ1) is 12.0. The van der Waals surface area contributed by atoms with Gasteiger partial charge in [-0.25, -0.2) is 0 Å². The Kier molecular flexibility index (Phi) is 8.14. The van der Waals surface area contributed by atoms with Gasteiger partial charge in [0.1, 0.15) is 0 Å². The van der Waals surface area contributed by atoms with E-state index in [9.17, 15) is 9.90 Å². The second kappa shape index (κ2) is 9.04. The number of allylic oxidation sites excluding steroid dienone is 2. The zero-order valence-electron chi connectivity index (χ0n) is 18.7. The summed E-state index contributed by atoms with van der Waals surface area (Å²) in [5.41, 5.74) is 0.885. The first-order valence-corrected chi connectivity index (χ1v) is 11.0. The van der Waals surface area contributed by atoms with E-state index in [1.165, 1.54) is 18.4 Å².